The molecule has 0 saturated carbocycles. The van der Waals surface area contributed by atoms with Crippen molar-refractivity contribution >= 4 is 23.5 Å². The van der Waals surface area contributed by atoms with Gasteiger partial charge in [-0.25, -0.2) is 0 Å². The molecule has 0 aliphatic carbocycles. The molecule has 2 aromatic carbocycles. The molecule has 2 N–H and O–H groups in total. The third kappa shape index (κ3) is 8.17. The minimum atomic E-state index is -0.405. The number of anilines is 1. The van der Waals surface area contributed by atoms with Gasteiger partial charge in [-0.3, -0.25) is 14.4 Å². The molecule has 2 amide bonds. The Hall–Kier alpha value is -3.15. The number of esters is 1. The minimum absolute atomic E-state index is 0.00874. The molecule has 29 heavy (non-hydrogen) atoms. The first-order chi connectivity index (χ1) is 14.0. The van der Waals surface area contributed by atoms with Crippen LogP contribution < -0.4 is 10.6 Å². The van der Waals surface area contributed by atoms with Crippen molar-refractivity contribution in [2.24, 2.45) is 0 Å². The second-order valence-electron chi connectivity index (χ2n) is 6.87. The normalized spacial score (nSPS) is 11.4. The van der Waals surface area contributed by atoms with E-state index in [9.17, 15) is 14.4 Å². The zero-order chi connectivity index (χ0) is 21.1. The average Bonchev–Trinajstić information content (AvgIpc) is 2.73. The van der Waals surface area contributed by atoms with Gasteiger partial charge in [0.1, 0.15) is 0 Å². The van der Waals surface area contributed by atoms with E-state index in [4.69, 9.17) is 4.74 Å². The van der Waals surface area contributed by atoms with Gasteiger partial charge in [0.2, 0.25) is 5.91 Å². The summed E-state index contributed by atoms with van der Waals surface area (Å²) in [7, 11) is 0. The Bertz CT molecular complexity index is 821. The monoisotopic (exact) mass is 396 g/mol. The smallest absolute Gasteiger partial charge is 0.306 e. The highest BCUT2D eigenvalue weighted by atomic mass is 16.5. The Morgan fingerprint density at radius 2 is 1.76 bits per heavy atom. The van der Waals surface area contributed by atoms with Gasteiger partial charge >= 0.3 is 5.97 Å². The van der Waals surface area contributed by atoms with E-state index in [-0.39, 0.29) is 37.3 Å². The van der Waals surface area contributed by atoms with E-state index in [0.717, 1.165) is 12.0 Å². The number of ether oxygens (including phenoxy) is 1. The summed E-state index contributed by atoms with van der Waals surface area (Å²) < 4.78 is 5.17. The van der Waals surface area contributed by atoms with Crippen LogP contribution in [0, 0.1) is 0 Å². The Kier molecular flexibility index (Phi) is 8.89. The van der Waals surface area contributed by atoms with Crippen LogP contribution in [-0.4, -0.2) is 30.4 Å². The molecule has 0 radical (unpaired) electrons. The largest absolute Gasteiger partial charge is 0.465 e. The van der Waals surface area contributed by atoms with Gasteiger partial charge in [0.05, 0.1) is 13.0 Å². The number of amides is 2. The number of carbonyl (C=O) groups is 3. The molecule has 154 valence electrons. The van der Waals surface area contributed by atoms with Gasteiger partial charge in [0.25, 0.3) is 5.91 Å². The molecule has 0 aliphatic rings. The van der Waals surface area contributed by atoms with Gasteiger partial charge in [0, 0.05) is 30.1 Å². The molecular formula is C23H28N2O4. The summed E-state index contributed by atoms with van der Waals surface area (Å²) >= 11 is 0. The highest BCUT2D eigenvalue weighted by molar-refractivity contribution is 5.97. The van der Waals surface area contributed by atoms with E-state index < -0.39 is 5.97 Å². The quantitative estimate of drug-likeness (QED) is 0.600. The Morgan fingerprint density at radius 1 is 1.00 bits per heavy atom. The van der Waals surface area contributed by atoms with E-state index in [2.05, 4.69) is 10.6 Å². The SMILES string of the molecule is CCC(C)NC(=O)c1cccc(NC(=O)CCC(=O)OCCc2ccccc2)c1. The topological polar surface area (TPSA) is 84.5 Å². The molecular weight excluding hydrogens is 368 g/mol. The maximum absolute atomic E-state index is 12.2. The summed E-state index contributed by atoms with van der Waals surface area (Å²) in [5.74, 6) is -0.889. The molecule has 0 fully saturated rings. The molecule has 0 aromatic heterocycles. The van der Waals surface area contributed by atoms with Gasteiger partial charge in [-0.1, -0.05) is 43.3 Å². The van der Waals surface area contributed by atoms with Gasteiger partial charge in [-0.05, 0) is 37.1 Å². The van der Waals surface area contributed by atoms with Crippen LogP contribution in [0.5, 0.6) is 0 Å². The summed E-state index contributed by atoms with van der Waals surface area (Å²) in [6.45, 7) is 4.22. The van der Waals surface area contributed by atoms with Crippen LogP contribution in [0.25, 0.3) is 0 Å². The van der Waals surface area contributed by atoms with Crippen LogP contribution in [0.2, 0.25) is 0 Å². The number of carbonyl (C=O) groups excluding carboxylic acids is 3. The Morgan fingerprint density at radius 3 is 2.48 bits per heavy atom. The zero-order valence-electron chi connectivity index (χ0n) is 16.9. The van der Waals surface area contributed by atoms with E-state index >= 15 is 0 Å². The van der Waals surface area contributed by atoms with Crippen LogP contribution in [-0.2, 0) is 20.7 Å². The molecule has 1 atom stereocenters. The standard InChI is InChI=1S/C23H28N2O4/c1-3-17(2)24-23(28)19-10-7-11-20(16-19)25-21(26)12-13-22(27)29-15-14-18-8-5-4-6-9-18/h4-11,16-17H,3,12-15H2,1-2H3,(H,24,28)(H,25,26). The van der Waals surface area contributed by atoms with Gasteiger partial charge < -0.3 is 15.4 Å². The molecule has 0 spiro atoms. The number of benzene rings is 2. The molecule has 1 unspecified atom stereocenters. The van der Waals surface area contributed by atoms with Crippen molar-refractivity contribution < 1.29 is 19.1 Å². The third-order valence-electron chi connectivity index (χ3n) is 4.45. The van der Waals surface area contributed by atoms with Crippen molar-refractivity contribution in [1.29, 1.82) is 0 Å². The number of hydrogen-bond acceptors (Lipinski definition) is 4. The first-order valence-corrected chi connectivity index (χ1v) is 9.88. The summed E-state index contributed by atoms with van der Waals surface area (Å²) in [6.07, 6.45) is 1.51. The van der Waals surface area contributed by atoms with E-state index in [1.807, 2.05) is 44.2 Å². The molecule has 0 aliphatic heterocycles. The molecule has 0 saturated heterocycles. The second kappa shape index (κ2) is 11.6. The highest BCUT2D eigenvalue weighted by Crippen LogP contribution is 2.12. The van der Waals surface area contributed by atoms with Crippen molar-refractivity contribution in [3.8, 4) is 0 Å². The first-order valence-electron chi connectivity index (χ1n) is 9.88. The Balaban J connectivity index is 1.73. The van der Waals surface area contributed by atoms with Crippen molar-refractivity contribution in [2.45, 2.75) is 45.6 Å². The molecule has 2 rings (SSSR count). The fraction of sp³-hybridized carbons (Fsp3) is 0.348. The van der Waals surface area contributed by atoms with Crippen molar-refractivity contribution in [1.82, 2.24) is 5.32 Å². The van der Waals surface area contributed by atoms with Crippen molar-refractivity contribution in [3.05, 3.63) is 65.7 Å². The first kappa shape index (κ1) is 22.1. The maximum Gasteiger partial charge on any atom is 0.306 e. The average molecular weight is 396 g/mol. The molecule has 0 bridgehead atoms. The second-order valence-corrected chi connectivity index (χ2v) is 6.87. The highest BCUT2D eigenvalue weighted by Gasteiger charge is 2.11. The van der Waals surface area contributed by atoms with Crippen LogP contribution in [0.3, 0.4) is 0 Å². The van der Waals surface area contributed by atoms with Crippen LogP contribution in [0.15, 0.2) is 54.6 Å². The van der Waals surface area contributed by atoms with Gasteiger partial charge in [-0.2, -0.15) is 0 Å². The van der Waals surface area contributed by atoms with E-state index in [0.29, 0.717) is 17.7 Å². The summed E-state index contributed by atoms with van der Waals surface area (Å²) in [6, 6.07) is 16.5. The fourth-order valence-corrected chi connectivity index (χ4v) is 2.59. The third-order valence-corrected chi connectivity index (χ3v) is 4.45. The fourth-order valence-electron chi connectivity index (χ4n) is 2.59. The number of hydrogen-bond donors (Lipinski definition) is 2. The van der Waals surface area contributed by atoms with Gasteiger partial charge in [-0.15, -0.1) is 0 Å². The van der Waals surface area contributed by atoms with Gasteiger partial charge in [0.15, 0.2) is 0 Å². The summed E-state index contributed by atoms with van der Waals surface area (Å²) in [5, 5.41) is 5.60. The predicted molar refractivity (Wildman–Crippen MR) is 113 cm³/mol. The lowest BCUT2D eigenvalue weighted by molar-refractivity contribution is -0.144. The predicted octanol–water partition coefficient (Wildman–Crippen LogP) is 3.72. The van der Waals surface area contributed by atoms with Crippen LogP contribution in [0.1, 0.15) is 49.0 Å². The van der Waals surface area contributed by atoms with Crippen molar-refractivity contribution in [2.75, 3.05) is 11.9 Å². The lowest BCUT2D eigenvalue weighted by Crippen LogP contribution is -2.31. The van der Waals surface area contributed by atoms with E-state index in [1.54, 1.807) is 24.3 Å². The Labute approximate surface area is 171 Å². The van der Waals surface area contributed by atoms with Crippen LogP contribution in [0.4, 0.5) is 5.69 Å². The van der Waals surface area contributed by atoms with E-state index in [1.165, 1.54) is 0 Å². The molecule has 2 aromatic rings. The maximum atomic E-state index is 12.2. The van der Waals surface area contributed by atoms with Crippen LogP contribution >= 0.6 is 0 Å². The molecule has 6 nitrogen and oxygen atoms in total. The zero-order valence-corrected chi connectivity index (χ0v) is 16.9. The lowest BCUT2D eigenvalue weighted by Gasteiger charge is -2.12. The minimum Gasteiger partial charge on any atom is -0.465 e. The number of nitrogens with one attached hydrogen (secondary N) is 2. The lowest BCUT2D eigenvalue weighted by atomic mass is 10.1. The molecule has 0 heterocycles. The summed E-state index contributed by atoms with van der Waals surface area (Å²) in [5.41, 5.74) is 2.09. The van der Waals surface area contributed by atoms with Crippen molar-refractivity contribution in [3.63, 3.8) is 0 Å². The summed E-state index contributed by atoms with van der Waals surface area (Å²) in [4.78, 5) is 36.1. The number of rotatable bonds is 10. The molecule has 6 heteroatoms.